The number of esters is 1. The number of fused-ring (bicyclic) bond motifs is 1. The van der Waals surface area contributed by atoms with Gasteiger partial charge in [-0.25, -0.2) is 4.79 Å². The number of hydrogen-bond acceptors (Lipinski definition) is 5. The standard InChI is InChI=1S/C21H21NO5/c1-4-25-16-11-9-15(10-12-16)22-20(23)14(3)26-21(24)19-13(2)17-7-5-6-8-18(17)27-19/h5-12,14H,4H2,1-3H3,(H,22,23)/t14-/m1/s1. The van der Waals surface area contributed by atoms with E-state index in [0.29, 0.717) is 23.4 Å². The maximum Gasteiger partial charge on any atom is 0.375 e. The average Bonchev–Trinajstić information content (AvgIpc) is 3.00. The molecule has 0 spiro atoms. The molecule has 6 nitrogen and oxygen atoms in total. The molecule has 1 amide bonds. The minimum absolute atomic E-state index is 0.108. The van der Waals surface area contributed by atoms with E-state index in [1.54, 1.807) is 37.3 Å². The fourth-order valence-electron chi connectivity index (χ4n) is 2.68. The third-order valence-corrected chi connectivity index (χ3v) is 4.11. The van der Waals surface area contributed by atoms with Gasteiger partial charge in [0.05, 0.1) is 6.61 Å². The molecule has 140 valence electrons. The van der Waals surface area contributed by atoms with Crippen LogP contribution >= 0.6 is 0 Å². The molecular formula is C21H21NO5. The van der Waals surface area contributed by atoms with Gasteiger partial charge in [0, 0.05) is 16.6 Å². The summed E-state index contributed by atoms with van der Waals surface area (Å²) in [6, 6.07) is 14.3. The Kier molecular flexibility index (Phi) is 5.45. The second kappa shape index (κ2) is 7.95. The van der Waals surface area contributed by atoms with Gasteiger partial charge in [-0.15, -0.1) is 0 Å². The molecule has 0 fully saturated rings. The smallest absolute Gasteiger partial charge is 0.375 e. The predicted molar refractivity (Wildman–Crippen MR) is 102 cm³/mol. The summed E-state index contributed by atoms with van der Waals surface area (Å²) in [5, 5.41) is 3.55. The van der Waals surface area contributed by atoms with Crippen molar-refractivity contribution >= 4 is 28.5 Å². The summed E-state index contributed by atoms with van der Waals surface area (Å²) >= 11 is 0. The number of para-hydroxylation sites is 1. The van der Waals surface area contributed by atoms with Crippen molar-refractivity contribution < 1.29 is 23.5 Å². The van der Waals surface area contributed by atoms with Crippen LogP contribution in [0, 0.1) is 6.92 Å². The second-order valence-electron chi connectivity index (χ2n) is 6.05. The van der Waals surface area contributed by atoms with Crippen LogP contribution in [0.1, 0.15) is 30.0 Å². The average molecular weight is 367 g/mol. The van der Waals surface area contributed by atoms with Crippen molar-refractivity contribution in [3.63, 3.8) is 0 Å². The van der Waals surface area contributed by atoms with Crippen molar-refractivity contribution in [2.24, 2.45) is 0 Å². The summed E-state index contributed by atoms with van der Waals surface area (Å²) in [7, 11) is 0. The Hall–Kier alpha value is -3.28. The zero-order chi connectivity index (χ0) is 19.4. The minimum Gasteiger partial charge on any atom is -0.494 e. The van der Waals surface area contributed by atoms with Gasteiger partial charge in [0.1, 0.15) is 11.3 Å². The maximum atomic E-state index is 12.4. The molecule has 0 aliphatic heterocycles. The molecule has 27 heavy (non-hydrogen) atoms. The fraction of sp³-hybridized carbons (Fsp3) is 0.238. The van der Waals surface area contributed by atoms with Crippen molar-refractivity contribution in [3.05, 3.63) is 59.9 Å². The Balaban J connectivity index is 1.64. The molecule has 0 saturated carbocycles. The van der Waals surface area contributed by atoms with Gasteiger partial charge in [0.15, 0.2) is 6.10 Å². The summed E-state index contributed by atoms with van der Waals surface area (Å²) in [5.74, 6) is -0.272. The van der Waals surface area contributed by atoms with E-state index in [1.165, 1.54) is 6.92 Å². The summed E-state index contributed by atoms with van der Waals surface area (Å²) in [6.45, 7) is 5.77. The second-order valence-corrected chi connectivity index (χ2v) is 6.05. The van der Waals surface area contributed by atoms with E-state index >= 15 is 0 Å². The highest BCUT2D eigenvalue weighted by atomic mass is 16.6. The molecule has 2 aromatic carbocycles. The zero-order valence-electron chi connectivity index (χ0n) is 15.4. The van der Waals surface area contributed by atoms with Crippen LogP contribution in [0.3, 0.4) is 0 Å². The highest BCUT2D eigenvalue weighted by molar-refractivity contribution is 5.99. The molecule has 0 aliphatic carbocycles. The number of nitrogens with one attached hydrogen (secondary N) is 1. The topological polar surface area (TPSA) is 77.8 Å². The molecule has 6 heteroatoms. The van der Waals surface area contributed by atoms with Gasteiger partial charge in [0.25, 0.3) is 5.91 Å². The van der Waals surface area contributed by atoms with Gasteiger partial charge < -0.3 is 19.2 Å². The largest absolute Gasteiger partial charge is 0.494 e. The third kappa shape index (κ3) is 4.11. The molecule has 1 N–H and O–H groups in total. The van der Waals surface area contributed by atoms with Crippen LogP contribution in [-0.2, 0) is 9.53 Å². The quantitative estimate of drug-likeness (QED) is 0.656. The molecule has 1 atom stereocenters. The predicted octanol–water partition coefficient (Wildman–Crippen LogP) is 4.32. The Bertz CT molecular complexity index is 958. The van der Waals surface area contributed by atoms with E-state index < -0.39 is 18.0 Å². The van der Waals surface area contributed by atoms with E-state index in [2.05, 4.69) is 5.32 Å². The maximum absolute atomic E-state index is 12.4. The number of aryl methyl sites for hydroxylation is 1. The van der Waals surface area contributed by atoms with Crippen LogP contribution in [0.15, 0.2) is 52.9 Å². The number of rotatable bonds is 6. The number of furan rings is 1. The Morgan fingerprint density at radius 3 is 2.48 bits per heavy atom. The first kappa shape index (κ1) is 18.5. The fourth-order valence-corrected chi connectivity index (χ4v) is 2.68. The lowest BCUT2D eigenvalue weighted by atomic mass is 10.1. The van der Waals surface area contributed by atoms with E-state index in [9.17, 15) is 9.59 Å². The van der Waals surface area contributed by atoms with Crippen molar-refractivity contribution in [3.8, 4) is 5.75 Å². The minimum atomic E-state index is -0.975. The summed E-state index contributed by atoms with van der Waals surface area (Å²) in [4.78, 5) is 24.7. The first-order valence-corrected chi connectivity index (χ1v) is 8.72. The van der Waals surface area contributed by atoms with Crippen LogP contribution in [0.2, 0.25) is 0 Å². The number of carbonyl (C=O) groups is 2. The van der Waals surface area contributed by atoms with E-state index in [-0.39, 0.29) is 5.76 Å². The highest BCUT2D eigenvalue weighted by Crippen LogP contribution is 2.25. The van der Waals surface area contributed by atoms with Gasteiger partial charge in [-0.1, -0.05) is 18.2 Å². The molecule has 0 aliphatic rings. The molecule has 1 aromatic heterocycles. The van der Waals surface area contributed by atoms with Crippen molar-refractivity contribution in [2.45, 2.75) is 26.9 Å². The van der Waals surface area contributed by atoms with Gasteiger partial charge in [-0.05, 0) is 51.1 Å². The molecule has 3 rings (SSSR count). The van der Waals surface area contributed by atoms with Gasteiger partial charge in [0.2, 0.25) is 5.76 Å². The normalized spacial score (nSPS) is 11.8. The van der Waals surface area contributed by atoms with Crippen molar-refractivity contribution in [1.29, 1.82) is 0 Å². The number of amides is 1. The first-order valence-electron chi connectivity index (χ1n) is 8.72. The Morgan fingerprint density at radius 2 is 1.81 bits per heavy atom. The zero-order valence-corrected chi connectivity index (χ0v) is 15.4. The molecule has 0 saturated heterocycles. The molecule has 0 bridgehead atoms. The van der Waals surface area contributed by atoms with Crippen molar-refractivity contribution in [2.75, 3.05) is 11.9 Å². The first-order chi connectivity index (χ1) is 13.0. The molecular weight excluding hydrogens is 346 g/mol. The monoisotopic (exact) mass is 367 g/mol. The van der Waals surface area contributed by atoms with Crippen LogP contribution < -0.4 is 10.1 Å². The van der Waals surface area contributed by atoms with Gasteiger partial charge >= 0.3 is 5.97 Å². The van der Waals surface area contributed by atoms with E-state index in [0.717, 1.165) is 11.1 Å². The SMILES string of the molecule is CCOc1ccc(NC(=O)[C@@H](C)OC(=O)c2oc3ccccc3c2C)cc1. The summed E-state index contributed by atoms with van der Waals surface area (Å²) in [5.41, 5.74) is 1.88. The van der Waals surface area contributed by atoms with Crippen LogP contribution in [0.25, 0.3) is 11.0 Å². The lowest BCUT2D eigenvalue weighted by molar-refractivity contribution is -0.123. The van der Waals surface area contributed by atoms with E-state index in [4.69, 9.17) is 13.9 Å². The number of benzene rings is 2. The highest BCUT2D eigenvalue weighted by Gasteiger charge is 2.24. The molecule has 3 aromatic rings. The van der Waals surface area contributed by atoms with Gasteiger partial charge in [-0.3, -0.25) is 4.79 Å². The number of ether oxygens (including phenoxy) is 2. The van der Waals surface area contributed by atoms with Crippen LogP contribution in [-0.4, -0.2) is 24.6 Å². The molecule has 0 radical (unpaired) electrons. The van der Waals surface area contributed by atoms with Crippen molar-refractivity contribution in [1.82, 2.24) is 0 Å². The molecule has 0 unspecified atom stereocenters. The third-order valence-electron chi connectivity index (χ3n) is 4.11. The number of hydrogen-bond donors (Lipinski definition) is 1. The lowest BCUT2D eigenvalue weighted by Crippen LogP contribution is -2.30. The lowest BCUT2D eigenvalue weighted by Gasteiger charge is -2.13. The molecule has 1 heterocycles. The van der Waals surface area contributed by atoms with Crippen LogP contribution in [0.4, 0.5) is 5.69 Å². The van der Waals surface area contributed by atoms with E-state index in [1.807, 2.05) is 25.1 Å². The summed E-state index contributed by atoms with van der Waals surface area (Å²) in [6.07, 6.45) is -0.975. The van der Waals surface area contributed by atoms with Crippen LogP contribution in [0.5, 0.6) is 5.75 Å². The summed E-state index contributed by atoms with van der Waals surface area (Å²) < 4.78 is 16.2. The van der Waals surface area contributed by atoms with Gasteiger partial charge in [-0.2, -0.15) is 0 Å². The number of carbonyl (C=O) groups excluding carboxylic acids is 2. The Labute approximate surface area is 157 Å². The number of anilines is 1. The Morgan fingerprint density at radius 1 is 1.11 bits per heavy atom.